The van der Waals surface area contributed by atoms with Crippen LogP contribution in [0.1, 0.15) is 290 Å². The summed E-state index contributed by atoms with van der Waals surface area (Å²) in [6.07, 6.45) is 80.3. The van der Waals surface area contributed by atoms with Gasteiger partial charge in [0.25, 0.3) is 0 Å². The summed E-state index contributed by atoms with van der Waals surface area (Å²) < 4.78 is 17.5. The molecule has 0 aromatic carbocycles. The van der Waals surface area contributed by atoms with Gasteiger partial charge in [-0.15, -0.1) is 0 Å². The molecule has 5 heteroatoms. The van der Waals surface area contributed by atoms with Crippen LogP contribution < -0.4 is 0 Å². The second kappa shape index (κ2) is 60.4. The van der Waals surface area contributed by atoms with E-state index >= 15 is 0 Å². The molecule has 0 saturated heterocycles. The van der Waals surface area contributed by atoms with E-state index in [1.165, 1.54) is 161 Å². The first-order valence-corrected chi connectivity index (χ1v) is 30.1. The zero-order chi connectivity index (χ0) is 50.6. The fourth-order valence-corrected chi connectivity index (χ4v) is 8.41. The van der Waals surface area contributed by atoms with E-state index in [1.807, 2.05) is 0 Å². The molecule has 0 rings (SSSR count). The van der Waals surface area contributed by atoms with E-state index in [0.29, 0.717) is 19.4 Å². The Labute approximate surface area is 435 Å². The molecule has 1 unspecified atom stereocenters. The van der Waals surface area contributed by atoms with Crippen LogP contribution in [0.3, 0.4) is 0 Å². The van der Waals surface area contributed by atoms with Crippen molar-refractivity contribution in [3.05, 3.63) is 85.1 Å². The van der Waals surface area contributed by atoms with Gasteiger partial charge in [-0.05, 0) is 116 Å². The number of carbonyl (C=O) groups is 2. The SMILES string of the molecule is CC/C=C\C/C=C\C/C=C\C/C=C\CCCCCCC(=O)OC(COCCCCCCCCCC/C=C\CCCCCCCC)COC(=O)CCCCCCCCCCC/C=C\C/C=C\CCCCC. The summed E-state index contributed by atoms with van der Waals surface area (Å²) in [5.41, 5.74) is 0. The van der Waals surface area contributed by atoms with Crippen molar-refractivity contribution in [2.45, 2.75) is 297 Å². The minimum Gasteiger partial charge on any atom is -0.462 e. The Morgan fingerprint density at radius 2 is 0.643 bits per heavy atom. The molecule has 0 amide bonds. The van der Waals surface area contributed by atoms with Gasteiger partial charge < -0.3 is 14.2 Å². The van der Waals surface area contributed by atoms with Gasteiger partial charge in [0, 0.05) is 19.4 Å². The first kappa shape index (κ1) is 67.1. The zero-order valence-corrected chi connectivity index (χ0v) is 46.5. The standard InChI is InChI=1S/C65H114O5/c1-4-7-10-13-16-19-22-25-28-31-33-35-37-40-43-46-49-52-55-58-64(66)69-62-63(61-68-60-57-54-51-48-45-42-39-36-32-29-26-23-20-17-14-11-8-5-2)70-65(67)59-56-53-50-47-44-41-38-34-30-27-24-21-18-15-12-9-6-3/h9,12,16,18-19,21,25-30,38,41,63H,4-8,10-11,13-15,17,20,22-24,31-37,39-40,42-62H2,1-3H3/b12-9-,19-16-,21-18-,28-25-,29-26-,30-27-,41-38-. The van der Waals surface area contributed by atoms with Gasteiger partial charge in [-0.1, -0.05) is 247 Å². The van der Waals surface area contributed by atoms with Crippen molar-refractivity contribution in [3.8, 4) is 0 Å². The summed E-state index contributed by atoms with van der Waals surface area (Å²) in [4.78, 5) is 25.6. The molecule has 0 bridgehead atoms. The van der Waals surface area contributed by atoms with E-state index in [0.717, 1.165) is 96.3 Å². The number of ether oxygens (including phenoxy) is 3. The molecule has 0 radical (unpaired) electrons. The Bertz CT molecular complexity index is 1290. The van der Waals surface area contributed by atoms with Gasteiger partial charge in [0.1, 0.15) is 6.61 Å². The van der Waals surface area contributed by atoms with Crippen LogP contribution in [0.2, 0.25) is 0 Å². The largest absolute Gasteiger partial charge is 0.462 e. The molecule has 0 saturated carbocycles. The summed E-state index contributed by atoms with van der Waals surface area (Å²) in [6, 6.07) is 0. The summed E-state index contributed by atoms with van der Waals surface area (Å²) in [5.74, 6) is -0.424. The Hall–Kier alpha value is -2.92. The Balaban J connectivity index is 4.32. The number of carbonyl (C=O) groups excluding carboxylic acids is 2. The van der Waals surface area contributed by atoms with Crippen molar-refractivity contribution in [1.82, 2.24) is 0 Å². The van der Waals surface area contributed by atoms with Crippen LogP contribution in [0.25, 0.3) is 0 Å². The third kappa shape index (κ3) is 57.7. The average Bonchev–Trinajstić information content (AvgIpc) is 3.36. The van der Waals surface area contributed by atoms with E-state index < -0.39 is 6.10 Å². The highest BCUT2D eigenvalue weighted by Gasteiger charge is 2.17. The lowest BCUT2D eigenvalue weighted by Gasteiger charge is -2.18. The maximum Gasteiger partial charge on any atom is 0.306 e. The van der Waals surface area contributed by atoms with Crippen LogP contribution in [0.15, 0.2) is 85.1 Å². The average molecular weight is 976 g/mol. The molecule has 1 atom stereocenters. The Kier molecular flexibility index (Phi) is 57.9. The van der Waals surface area contributed by atoms with E-state index in [-0.39, 0.29) is 25.2 Å². The van der Waals surface area contributed by atoms with Crippen LogP contribution >= 0.6 is 0 Å². The first-order chi connectivity index (χ1) is 34.6. The third-order valence-corrected chi connectivity index (χ3v) is 12.9. The molecule has 0 heterocycles. The molecule has 0 aliphatic rings. The monoisotopic (exact) mass is 975 g/mol. The topological polar surface area (TPSA) is 61.8 Å². The number of rotatable bonds is 55. The molecule has 404 valence electrons. The Morgan fingerprint density at radius 1 is 0.329 bits per heavy atom. The number of esters is 2. The molecule has 0 aromatic rings. The second-order valence-electron chi connectivity index (χ2n) is 19.9. The van der Waals surface area contributed by atoms with Gasteiger partial charge in [0.15, 0.2) is 6.10 Å². The molecule has 5 nitrogen and oxygen atoms in total. The lowest BCUT2D eigenvalue weighted by atomic mass is 10.1. The highest BCUT2D eigenvalue weighted by Crippen LogP contribution is 2.15. The van der Waals surface area contributed by atoms with Crippen molar-refractivity contribution in [2.75, 3.05) is 19.8 Å². The Morgan fingerprint density at radius 3 is 1.07 bits per heavy atom. The number of unbranched alkanes of at least 4 members (excludes halogenated alkanes) is 30. The van der Waals surface area contributed by atoms with Crippen molar-refractivity contribution in [2.24, 2.45) is 0 Å². The minimum atomic E-state index is -0.557. The van der Waals surface area contributed by atoms with Crippen molar-refractivity contribution in [3.63, 3.8) is 0 Å². The number of allylic oxidation sites excluding steroid dienone is 14. The maximum absolute atomic E-state index is 12.9. The zero-order valence-electron chi connectivity index (χ0n) is 46.5. The molecule has 0 fully saturated rings. The third-order valence-electron chi connectivity index (χ3n) is 12.9. The van der Waals surface area contributed by atoms with Crippen LogP contribution in [-0.4, -0.2) is 37.9 Å². The lowest BCUT2D eigenvalue weighted by molar-refractivity contribution is -0.163. The van der Waals surface area contributed by atoms with E-state index in [9.17, 15) is 9.59 Å². The van der Waals surface area contributed by atoms with E-state index in [4.69, 9.17) is 14.2 Å². The fourth-order valence-electron chi connectivity index (χ4n) is 8.41. The van der Waals surface area contributed by atoms with Gasteiger partial charge in [0.05, 0.1) is 6.61 Å². The van der Waals surface area contributed by atoms with Gasteiger partial charge in [-0.25, -0.2) is 0 Å². The summed E-state index contributed by atoms with van der Waals surface area (Å²) in [5, 5.41) is 0. The second-order valence-corrected chi connectivity index (χ2v) is 19.9. The van der Waals surface area contributed by atoms with Crippen LogP contribution in [0.4, 0.5) is 0 Å². The molecule has 0 N–H and O–H groups in total. The van der Waals surface area contributed by atoms with Gasteiger partial charge in [-0.3, -0.25) is 9.59 Å². The highest BCUT2D eigenvalue weighted by atomic mass is 16.6. The van der Waals surface area contributed by atoms with E-state index in [1.54, 1.807) is 0 Å². The molecule has 70 heavy (non-hydrogen) atoms. The lowest BCUT2D eigenvalue weighted by Crippen LogP contribution is -2.30. The predicted octanol–water partition coefficient (Wildman–Crippen LogP) is 20.8. The van der Waals surface area contributed by atoms with Crippen molar-refractivity contribution >= 4 is 11.9 Å². The van der Waals surface area contributed by atoms with Crippen LogP contribution in [-0.2, 0) is 23.8 Å². The van der Waals surface area contributed by atoms with Gasteiger partial charge >= 0.3 is 11.9 Å². The maximum atomic E-state index is 12.9. The summed E-state index contributed by atoms with van der Waals surface area (Å²) in [6.45, 7) is 7.68. The number of hydrogen-bond donors (Lipinski definition) is 0. The van der Waals surface area contributed by atoms with Crippen LogP contribution in [0, 0.1) is 0 Å². The van der Waals surface area contributed by atoms with E-state index in [2.05, 4.69) is 106 Å². The molecular weight excluding hydrogens is 861 g/mol. The van der Waals surface area contributed by atoms with Crippen molar-refractivity contribution in [1.29, 1.82) is 0 Å². The molecule has 0 spiro atoms. The smallest absolute Gasteiger partial charge is 0.306 e. The van der Waals surface area contributed by atoms with Gasteiger partial charge in [0.2, 0.25) is 0 Å². The molecule has 0 aromatic heterocycles. The van der Waals surface area contributed by atoms with Crippen LogP contribution in [0.5, 0.6) is 0 Å². The number of hydrogen-bond acceptors (Lipinski definition) is 5. The normalized spacial score (nSPS) is 12.8. The van der Waals surface area contributed by atoms with Crippen molar-refractivity contribution < 1.29 is 23.8 Å². The molecular formula is C65H114O5. The summed E-state index contributed by atoms with van der Waals surface area (Å²) in [7, 11) is 0. The first-order valence-electron chi connectivity index (χ1n) is 30.1. The minimum absolute atomic E-state index is 0.0698. The fraction of sp³-hybridized carbons (Fsp3) is 0.754. The molecule has 0 aliphatic carbocycles. The highest BCUT2D eigenvalue weighted by molar-refractivity contribution is 5.70. The summed E-state index contributed by atoms with van der Waals surface area (Å²) >= 11 is 0. The van der Waals surface area contributed by atoms with Gasteiger partial charge in [-0.2, -0.15) is 0 Å². The molecule has 0 aliphatic heterocycles. The quantitative estimate of drug-likeness (QED) is 0.0345. The predicted molar refractivity (Wildman–Crippen MR) is 307 cm³/mol.